The fourth-order valence-electron chi connectivity index (χ4n) is 3.70. The summed E-state index contributed by atoms with van der Waals surface area (Å²) in [5, 5.41) is 8.64. The number of thioether (sulfide) groups is 1. The number of hydrogen-bond acceptors (Lipinski definition) is 7. The summed E-state index contributed by atoms with van der Waals surface area (Å²) in [5.74, 6) is 0.00826. The van der Waals surface area contributed by atoms with E-state index in [0.717, 1.165) is 11.1 Å². The molecule has 0 N–H and O–H groups in total. The summed E-state index contributed by atoms with van der Waals surface area (Å²) in [5.41, 5.74) is 3.20. The van der Waals surface area contributed by atoms with E-state index in [1.165, 1.54) is 11.8 Å². The zero-order chi connectivity index (χ0) is 22.7. The predicted molar refractivity (Wildman–Crippen MR) is 126 cm³/mol. The highest BCUT2D eigenvalue weighted by molar-refractivity contribution is 8.00. The molecule has 1 fully saturated rings. The summed E-state index contributed by atoms with van der Waals surface area (Å²) in [6.45, 7) is 1.78. The largest absolute Gasteiger partial charge is 0.341 e. The van der Waals surface area contributed by atoms with Crippen molar-refractivity contribution in [3.8, 4) is 22.5 Å². The molecule has 0 aliphatic carbocycles. The molecule has 2 atom stereocenters. The lowest BCUT2D eigenvalue weighted by atomic mass is 10.0. The molecular weight excluding hydrogens is 444 g/mol. The van der Waals surface area contributed by atoms with Gasteiger partial charge in [-0.3, -0.25) is 4.79 Å². The number of hydrogen-bond donors (Lipinski definition) is 0. The van der Waals surface area contributed by atoms with Crippen molar-refractivity contribution in [2.45, 2.75) is 29.8 Å². The van der Waals surface area contributed by atoms with Crippen LogP contribution in [-0.4, -0.2) is 64.3 Å². The summed E-state index contributed by atoms with van der Waals surface area (Å²) >= 11 is 1.23. The summed E-state index contributed by atoms with van der Waals surface area (Å²) in [4.78, 5) is 19.2. The fourth-order valence-corrected chi connectivity index (χ4v) is 6.29. The number of nitrogens with zero attached hydrogens (tertiary/aromatic N) is 4. The predicted octanol–water partition coefficient (Wildman–Crippen LogP) is 3.33. The van der Waals surface area contributed by atoms with E-state index in [2.05, 4.69) is 10.2 Å². The minimum atomic E-state index is -3.06. The van der Waals surface area contributed by atoms with E-state index in [9.17, 15) is 13.2 Å². The van der Waals surface area contributed by atoms with Gasteiger partial charge in [0.15, 0.2) is 9.84 Å². The average molecular weight is 469 g/mol. The van der Waals surface area contributed by atoms with Crippen molar-refractivity contribution >= 4 is 27.5 Å². The van der Waals surface area contributed by atoms with Crippen LogP contribution >= 0.6 is 11.8 Å². The molecule has 1 aliphatic heterocycles. The highest BCUT2D eigenvalue weighted by atomic mass is 32.2. The molecule has 1 aromatic heterocycles. The summed E-state index contributed by atoms with van der Waals surface area (Å²) in [7, 11) is -1.40. The minimum Gasteiger partial charge on any atom is -0.341 e. The van der Waals surface area contributed by atoms with Crippen LogP contribution in [0.25, 0.3) is 22.5 Å². The summed E-state index contributed by atoms with van der Waals surface area (Å²) < 4.78 is 23.6. The lowest BCUT2D eigenvalue weighted by Crippen LogP contribution is -2.41. The van der Waals surface area contributed by atoms with E-state index in [1.807, 2.05) is 60.7 Å². The number of amides is 1. The topological polar surface area (TPSA) is 93.1 Å². The van der Waals surface area contributed by atoms with Gasteiger partial charge in [-0.2, -0.15) is 0 Å². The number of carbonyl (C=O) groups excluding carboxylic acids is 1. The zero-order valence-electron chi connectivity index (χ0n) is 17.9. The van der Waals surface area contributed by atoms with Crippen LogP contribution in [0.3, 0.4) is 0 Å². The molecule has 9 heteroatoms. The second-order valence-corrected chi connectivity index (χ2v) is 11.3. The SMILES string of the molecule is CC(Sc1nnc(-c2ccccc2)c(-c2ccccc2)n1)C(=O)N(C)C1CCS(=O)(=O)C1. The van der Waals surface area contributed by atoms with E-state index >= 15 is 0 Å². The van der Waals surface area contributed by atoms with Gasteiger partial charge in [0.05, 0.1) is 16.8 Å². The Morgan fingerprint density at radius 3 is 2.16 bits per heavy atom. The van der Waals surface area contributed by atoms with Crippen LogP contribution < -0.4 is 0 Å². The van der Waals surface area contributed by atoms with Gasteiger partial charge in [-0.1, -0.05) is 72.4 Å². The molecule has 4 rings (SSSR count). The zero-order valence-corrected chi connectivity index (χ0v) is 19.5. The van der Waals surface area contributed by atoms with E-state index in [4.69, 9.17) is 4.98 Å². The number of sulfone groups is 1. The first-order valence-corrected chi connectivity index (χ1v) is 13.0. The fraction of sp³-hybridized carbons (Fsp3) is 0.304. The van der Waals surface area contributed by atoms with Crippen LogP contribution in [0.15, 0.2) is 65.8 Å². The van der Waals surface area contributed by atoms with Gasteiger partial charge in [0.2, 0.25) is 11.1 Å². The van der Waals surface area contributed by atoms with Crippen LogP contribution in [0.4, 0.5) is 0 Å². The molecule has 2 heterocycles. The van der Waals surface area contributed by atoms with E-state index in [-0.39, 0.29) is 23.5 Å². The van der Waals surface area contributed by atoms with E-state index in [1.54, 1.807) is 18.9 Å². The monoisotopic (exact) mass is 468 g/mol. The number of rotatable bonds is 6. The Balaban J connectivity index is 1.58. The van der Waals surface area contributed by atoms with Gasteiger partial charge < -0.3 is 4.90 Å². The molecule has 7 nitrogen and oxygen atoms in total. The molecule has 0 radical (unpaired) electrons. The smallest absolute Gasteiger partial charge is 0.235 e. The van der Waals surface area contributed by atoms with Gasteiger partial charge in [0.1, 0.15) is 11.4 Å². The van der Waals surface area contributed by atoms with Crippen molar-refractivity contribution in [2.75, 3.05) is 18.6 Å². The van der Waals surface area contributed by atoms with Crippen LogP contribution in [0.1, 0.15) is 13.3 Å². The maximum Gasteiger partial charge on any atom is 0.235 e. The highest BCUT2D eigenvalue weighted by Gasteiger charge is 2.34. The van der Waals surface area contributed by atoms with Crippen LogP contribution in [0, 0.1) is 0 Å². The van der Waals surface area contributed by atoms with Crippen molar-refractivity contribution in [2.24, 2.45) is 0 Å². The third kappa shape index (κ3) is 4.99. The molecule has 2 aromatic carbocycles. The first kappa shape index (κ1) is 22.4. The molecule has 0 spiro atoms. The number of benzene rings is 2. The summed E-state index contributed by atoms with van der Waals surface area (Å²) in [6.07, 6.45) is 0.476. The molecule has 3 aromatic rings. The molecule has 1 amide bonds. The molecule has 0 saturated carbocycles. The standard InChI is InChI=1S/C23H24N4O3S2/c1-16(22(28)27(2)19-13-14-32(29,30)15-19)31-23-24-20(17-9-5-3-6-10-17)21(25-26-23)18-11-7-4-8-12-18/h3-12,16,19H,13-15H2,1-2H3. The van der Waals surface area contributed by atoms with Crippen LogP contribution in [-0.2, 0) is 14.6 Å². The minimum absolute atomic E-state index is 0.0224. The van der Waals surface area contributed by atoms with Crippen molar-refractivity contribution < 1.29 is 13.2 Å². The number of aromatic nitrogens is 3. The Kier molecular flexibility index (Phi) is 6.57. The lowest BCUT2D eigenvalue weighted by molar-refractivity contribution is -0.130. The van der Waals surface area contributed by atoms with Gasteiger partial charge in [-0.05, 0) is 13.3 Å². The van der Waals surface area contributed by atoms with Crippen LogP contribution in [0.5, 0.6) is 0 Å². The first-order valence-electron chi connectivity index (χ1n) is 10.3. The number of carbonyl (C=O) groups is 1. The summed E-state index contributed by atoms with van der Waals surface area (Å²) in [6, 6.07) is 19.2. The highest BCUT2D eigenvalue weighted by Crippen LogP contribution is 2.31. The van der Waals surface area contributed by atoms with Gasteiger partial charge in [-0.25, -0.2) is 13.4 Å². The van der Waals surface area contributed by atoms with Gasteiger partial charge in [-0.15, -0.1) is 10.2 Å². The Morgan fingerprint density at radius 1 is 1.00 bits per heavy atom. The van der Waals surface area contributed by atoms with Crippen molar-refractivity contribution in [1.82, 2.24) is 20.1 Å². The molecular formula is C23H24N4O3S2. The Bertz CT molecular complexity index is 1200. The molecule has 2 unspecified atom stereocenters. The third-order valence-corrected chi connectivity index (χ3v) is 8.18. The molecule has 32 heavy (non-hydrogen) atoms. The second-order valence-electron chi connectivity index (χ2n) is 7.79. The molecule has 0 bridgehead atoms. The van der Waals surface area contributed by atoms with Crippen molar-refractivity contribution in [3.63, 3.8) is 0 Å². The van der Waals surface area contributed by atoms with Gasteiger partial charge in [0.25, 0.3) is 0 Å². The first-order chi connectivity index (χ1) is 15.3. The maximum absolute atomic E-state index is 12.9. The maximum atomic E-state index is 12.9. The van der Waals surface area contributed by atoms with Crippen LogP contribution in [0.2, 0.25) is 0 Å². The Morgan fingerprint density at radius 2 is 1.59 bits per heavy atom. The van der Waals surface area contributed by atoms with Gasteiger partial charge in [0, 0.05) is 24.2 Å². The molecule has 1 aliphatic rings. The normalized spacial score (nSPS) is 18.2. The van der Waals surface area contributed by atoms with Gasteiger partial charge >= 0.3 is 0 Å². The quantitative estimate of drug-likeness (QED) is 0.512. The average Bonchev–Trinajstić information content (AvgIpc) is 3.18. The second kappa shape index (κ2) is 9.38. The third-order valence-electron chi connectivity index (χ3n) is 5.50. The Hall–Kier alpha value is -2.78. The van der Waals surface area contributed by atoms with E-state index in [0.29, 0.717) is 23.0 Å². The Labute approximate surface area is 192 Å². The lowest BCUT2D eigenvalue weighted by Gasteiger charge is -2.26. The molecule has 1 saturated heterocycles. The molecule has 166 valence electrons. The van der Waals surface area contributed by atoms with Crippen molar-refractivity contribution in [1.29, 1.82) is 0 Å². The van der Waals surface area contributed by atoms with E-state index < -0.39 is 15.1 Å². The van der Waals surface area contributed by atoms with Crippen molar-refractivity contribution in [3.05, 3.63) is 60.7 Å².